The van der Waals surface area contributed by atoms with E-state index in [0.717, 1.165) is 6.42 Å². The second kappa shape index (κ2) is 12.4. The van der Waals surface area contributed by atoms with E-state index in [9.17, 15) is 14.7 Å². The molecular weight excluding hydrogens is 444 g/mol. The number of rotatable bonds is 7. The van der Waals surface area contributed by atoms with Crippen molar-refractivity contribution < 1.29 is 19.4 Å². The summed E-state index contributed by atoms with van der Waals surface area (Å²) < 4.78 is 6.27. The van der Waals surface area contributed by atoms with E-state index < -0.39 is 0 Å². The molecule has 1 aromatic rings. The lowest BCUT2D eigenvalue weighted by Gasteiger charge is -2.37. The summed E-state index contributed by atoms with van der Waals surface area (Å²) >= 11 is 0. The van der Waals surface area contributed by atoms with Crippen LogP contribution >= 0.6 is 0 Å². The van der Waals surface area contributed by atoms with Crippen molar-refractivity contribution in [3.63, 3.8) is 0 Å². The Morgan fingerprint density at radius 3 is 2.69 bits per heavy atom. The predicted octanol–water partition coefficient (Wildman–Crippen LogP) is 2.25. The first-order valence-corrected chi connectivity index (χ1v) is 12.7. The van der Waals surface area contributed by atoms with Crippen LogP contribution in [-0.2, 0) is 4.79 Å². The molecule has 1 aliphatic carbocycles. The molecule has 8 heteroatoms. The van der Waals surface area contributed by atoms with Gasteiger partial charge in [-0.2, -0.15) is 0 Å². The first-order valence-electron chi connectivity index (χ1n) is 12.7. The highest BCUT2D eigenvalue weighted by Crippen LogP contribution is 2.28. The van der Waals surface area contributed by atoms with Crippen LogP contribution < -0.4 is 4.74 Å². The van der Waals surface area contributed by atoms with Gasteiger partial charge in [-0.25, -0.2) is 4.98 Å². The van der Waals surface area contributed by atoms with Gasteiger partial charge in [0.15, 0.2) is 0 Å². The van der Waals surface area contributed by atoms with E-state index in [4.69, 9.17) is 4.74 Å². The maximum absolute atomic E-state index is 13.5. The van der Waals surface area contributed by atoms with Gasteiger partial charge in [-0.15, -0.1) is 0 Å². The Morgan fingerprint density at radius 1 is 1.31 bits per heavy atom. The zero-order chi connectivity index (χ0) is 25.5. The molecule has 35 heavy (non-hydrogen) atoms. The molecule has 1 aromatic heterocycles. The number of pyridine rings is 1. The Labute approximate surface area is 209 Å². The van der Waals surface area contributed by atoms with Gasteiger partial charge in [0, 0.05) is 37.7 Å². The van der Waals surface area contributed by atoms with Crippen LogP contribution in [0.1, 0.15) is 61.9 Å². The number of nitrogens with zero attached hydrogens (tertiary/aromatic N) is 4. The monoisotopic (exact) mass is 484 g/mol. The standard InChI is InChI=1S/C27H40N4O4/c1-19-15-31(20(2)18-32)27(34)23-13-22(12-8-11-21-9-6-7-10-21)14-28-26(23)35-24(19)16-30(5)25(33)17-29(3)4/h13-14,19-21,24,32H,6-7,9-11,15-18H2,1-5H3/t19-,20-,24-/m1/s1. The van der Waals surface area contributed by atoms with Gasteiger partial charge in [0.25, 0.3) is 5.91 Å². The molecule has 0 aromatic carbocycles. The molecule has 0 radical (unpaired) electrons. The third kappa shape index (κ3) is 7.18. The fraction of sp³-hybridized carbons (Fsp3) is 0.667. The molecule has 0 spiro atoms. The molecule has 8 nitrogen and oxygen atoms in total. The number of aliphatic hydroxyl groups excluding tert-OH is 1. The lowest BCUT2D eigenvalue weighted by molar-refractivity contribution is -0.132. The van der Waals surface area contributed by atoms with Gasteiger partial charge >= 0.3 is 0 Å². The van der Waals surface area contributed by atoms with E-state index in [1.807, 2.05) is 32.8 Å². The van der Waals surface area contributed by atoms with Crippen molar-refractivity contribution in [2.45, 2.75) is 58.1 Å². The van der Waals surface area contributed by atoms with Crippen LogP contribution in [-0.4, -0.2) is 96.1 Å². The molecule has 2 amide bonds. The van der Waals surface area contributed by atoms with Crippen molar-refractivity contribution in [3.05, 3.63) is 23.4 Å². The average molecular weight is 485 g/mol. The van der Waals surface area contributed by atoms with Crippen LogP contribution in [0.25, 0.3) is 0 Å². The van der Waals surface area contributed by atoms with Gasteiger partial charge in [-0.3, -0.25) is 9.59 Å². The predicted molar refractivity (Wildman–Crippen MR) is 135 cm³/mol. The molecule has 0 saturated heterocycles. The van der Waals surface area contributed by atoms with Crippen molar-refractivity contribution >= 4 is 11.8 Å². The first kappa shape index (κ1) is 27.0. The highest BCUT2D eigenvalue weighted by Gasteiger charge is 2.34. The van der Waals surface area contributed by atoms with Gasteiger partial charge < -0.3 is 24.5 Å². The molecule has 1 N–H and O–H groups in total. The van der Waals surface area contributed by atoms with Gasteiger partial charge in [-0.1, -0.05) is 31.6 Å². The van der Waals surface area contributed by atoms with Gasteiger partial charge in [-0.05, 0) is 45.8 Å². The Kier molecular flexibility index (Phi) is 9.53. The van der Waals surface area contributed by atoms with Crippen LogP contribution in [0.3, 0.4) is 0 Å². The summed E-state index contributed by atoms with van der Waals surface area (Å²) in [7, 11) is 5.47. The Bertz CT molecular complexity index is 948. The maximum atomic E-state index is 13.5. The molecule has 3 rings (SSSR count). The lowest BCUT2D eigenvalue weighted by Crippen LogP contribution is -2.51. The van der Waals surface area contributed by atoms with E-state index in [0.29, 0.717) is 36.7 Å². The van der Waals surface area contributed by atoms with Gasteiger partial charge in [0.1, 0.15) is 11.7 Å². The molecule has 0 unspecified atom stereocenters. The minimum Gasteiger partial charge on any atom is -0.472 e. The molecule has 1 aliphatic heterocycles. The molecule has 192 valence electrons. The van der Waals surface area contributed by atoms with Gasteiger partial charge in [0.2, 0.25) is 11.8 Å². The highest BCUT2D eigenvalue weighted by molar-refractivity contribution is 5.97. The van der Waals surface area contributed by atoms with E-state index in [1.54, 1.807) is 29.1 Å². The Balaban J connectivity index is 1.87. The summed E-state index contributed by atoms with van der Waals surface area (Å²) in [5.41, 5.74) is 1.02. The third-order valence-corrected chi connectivity index (χ3v) is 6.95. The Morgan fingerprint density at radius 2 is 2.03 bits per heavy atom. The van der Waals surface area contributed by atoms with Crippen molar-refractivity contribution in [1.29, 1.82) is 0 Å². The zero-order valence-corrected chi connectivity index (χ0v) is 21.8. The highest BCUT2D eigenvalue weighted by atomic mass is 16.5. The summed E-state index contributed by atoms with van der Waals surface area (Å²) in [5.74, 6) is 7.04. The lowest BCUT2D eigenvalue weighted by atomic mass is 9.99. The number of ether oxygens (including phenoxy) is 1. The number of hydrogen-bond acceptors (Lipinski definition) is 6. The first-order chi connectivity index (χ1) is 16.7. The molecule has 0 bridgehead atoms. The number of carbonyl (C=O) groups excluding carboxylic acids is 2. The summed E-state index contributed by atoms with van der Waals surface area (Å²) in [6.07, 6.45) is 7.20. The molecule has 3 atom stereocenters. The number of amides is 2. The fourth-order valence-corrected chi connectivity index (χ4v) is 4.66. The van der Waals surface area contributed by atoms with Crippen LogP contribution in [0.4, 0.5) is 0 Å². The number of aliphatic hydroxyl groups is 1. The van der Waals surface area contributed by atoms with Crippen molar-refractivity contribution in [1.82, 2.24) is 19.7 Å². The maximum Gasteiger partial charge on any atom is 0.259 e. The summed E-state index contributed by atoms with van der Waals surface area (Å²) in [4.78, 5) is 35.7. The zero-order valence-electron chi connectivity index (χ0n) is 21.8. The quantitative estimate of drug-likeness (QED) is 0.598. The van der Waals surface area contributed by atoms with Crippen molar-refractivity contribution in [2.24, 2.45) is 11.8 Å². The molecular formula is C27H40N4O4. The van der Waals surface area contributed by atoms with Crippen molar-refractivity contribution in [3.8, 4) is 17.7 Å². The largest absolute Gasteiger partial charge is 0.472 e. The van der Waals surface area contributed by atoms with E-state index >= 15 is 0 Å². The minimum absolute atomic E-state index is 0.00872. The van der Waals surface area contributed by atoms with Crippen LogP contribution in [0.15, 0.2) is 12.3 Å². The average Bonchev–Trinajstić information content (AvgIpc) is 3.34. The molecule has 1 saturated carbocycles. The summed E-state index contributed by atoms with van der Waals surface area (Å²) in [6, 6.07) is 1.39. The van der Waals surface area contributed by atoms with Gasteiger partial charge in [0.05, 0.1) is 25.7 Å². The van der Waals surface area contributed by atoms with Crippen LogP contribution in [0.2, 0.25) is 0 Å². The molecule has 2 heterocycles. The number of aromatic nitrogens is 1. The normalized spacial score (nSPS) is 21.5. The molecule has 2 aliphatic rings. The summed E-state index contributed by atoms with van der Waals surface area (Å²) in [5, 5.41) is 9.82. The third-order valence-electron chi connectivity index (χ3n) is 6.95. The number of carbonyl (C=O) groups is 2. The topological polar surface area (TPSA) is 86.2 Å². The second-order valence-corrected chi connectivity index (χ2v) is 10.4. The minimum atomic E-state index is -0.363. The molecule has 1 fully saturated rings. The number of hydrogen-bond donors (Lipinski definition) is 1. The van der Waals surface area contributed by atoms with E-state index in [1.165, 1.54) is 25.7 Å². The van der Waals surface area contributed by atoms with E-state index in [2.05, 4.69) is 16.8 Å². The van der Waals surface area contributed by atoms with Crippen LogP contribution in [0.5, 0.6) is 5.88 Å². The smallest absolute Gasteiger partial charge is 0.259 e. The summed E-state index contributed by atoms with van der Waals surface area (Å²) in [6.45, 7) is 4.75. The second-order valence-electron chi connectivity index (χ2n) is 10.4. The van der Waals surface area contributed by atoms with Crippen LogP contribution in [0, 0.1) is 23.7 Å². The van der Waals surface area contributed by atoms with Crippen molar-refractivity contribution in [2.75, 3.05) is 47.4 Å². The van der Waals surface area contributed by atoms with E-state index in [-0.39, 0.29) is 42.4 Å². The number of fused-ring (bicyclic) bond motifs is 1. The Hall–Kier alpha value is -2.63. The SMILES string of the molecule is C[C@@H]1CN([C@H](C)CO)C(=O)c2cc(C#CCC3CCCC3)cnc2O[C@@H]1CN(C)C(=O)CN(C)C. The number of likely N-dealkylation sites (N-methyl/N-ethyl adjacent to an activating group) is 2. The fourth-order valence-electron chi connectivity index (χ4n) is 4.66.